The lowest BCUT2D eigenvalue weighted by Gasteiger charge is -2.20. The number of ether oxygens (including phenoxy) is 1. The first-order valence-electron chi connectivity index (χ1n) is 7.46. The molecule has 0 spiro atoms. The number of benzene rings is 2. The van der Waals surface area contributed by atoms with Crippen molar-refractivity contribution in [2.45, 2.75) is 13.8 Å². The van der Waals surface area contributed by atoms with Crippen molar-refractivity contribution in [3.63, 3.8) is 0 Å². The van der Waals surface area contributed by atoms with Crippen LogP contribution in [0.3, 0.4) is 0 Å². The third-order valence-electron chi connectivity index (χ3n) is 3.65. The molecule has 112 valence electrons. The fourth-order valence-electron chi connectivity index (χ4n) is 2.11. The second-order valence-corrected chi connectivity index (χ2v) is 5.56. The molecule has 0 saturated heterocycles. The Hall–Kier alpha value is -2.00. The van der Waals surface area contributed by atoms with Crippen molar-refractivity contribution in [3.05, 3.63) is 54.6 Å². The van der Waals surface area contributed by atoms with Gasteiger partial charge in [-0.25, -0.2) is 0 Å². The standard InChI is InChI=1S/C18H24N2O/c1-14(2)15(12-19)13-20-16-8-10-18(11-9-16)21-17-6-4-3-5-7-17/h3-11,14-15,20H,12-13,19H2,1-2H3. The van der Waals surface area contributed by atoms with Gasteiger partial charge in [0.1, 0.15) is 11.5 Å². The van der Waals surface area contributed by atoms with Crippen LogP contribution in [0.1, 0.15) is 13.8 Å². The van der Waals surface area contributed by atoms with Crippen LogP contribution in [0.5, 0.6) is 11.5 Å². The molecule has 3 heteroatoms. The summed E-state index contributed by atoms with van der Waals surface area (Å²) >= 11 is 0. The van der Waals surface area contributed by atoms with Gasteiger partial charge in [0.15, 0.2) is 0 Å². The first kappa shape index (κ1) is 15.4. The number of nitrogens with one attached hydrogen (secondary N) is 1. The Morgan fingerprint density at radius 2 is 1.57 bits per heavy atom. The number of rotatable bonds is 7. The summed E-state index contributed by atoms with van der Waals surface area (Å²) in [7, 11) is 0. The van der Waals surface area contributed by atoms with Gasteiger partial charge in [0.25, 0.3) is 0 Å². The molecule has 2 rings (SSSR count). The topological polar surface area (TPSA) is 47.3 Å². The van der Waals surface area contributed by atoms with Crippen molar-refractivity contribution in [1.29, 1.82) is 0 Å². The summed E-state index contributed by atoms with van der Waals surface area (Å²) in [5.74, 6) is 2.76. The van der Waals surface area contributed by atoms with Crippen LogP contribution in [0, 0.1) is 11.8 Å². The third-order valence-corrected chi connectivity index (χ3v) is 3.65. The number of hydrogen-bond acceptors (Lipinski definition) is 3. The number of anilines is 1. The second-order valence-electron chi connectivity index (χ2n) is 5.56. The predicted octanol–water partition coefficient (Wildman–Crippen LogP) is 4.12. The van der Waals surface area contributed by atoms with E-state index in [4.69, 9.17) is 10.5 Å². The lowest BCUT2D eigenvalue weighted by molar-refractivity contribution is 0.413. The van der Waals surface area contributed by atoms with Crippen LogP contribution in [-0.4, -0.2) is 13.1 Å². The number of para-hydroxylation sites is 1. The summed E-state index contributed by atoms with van der Waals surface area (Å²) < 4.78 is 5.77. The van der Waals surface area contributed by atoms with Crippen molar-refractivity contribution in [2.24, 2.45) is 17.6 Å². The van der Waals surface area contributed by atoms with Crippen LogP contribution in [0.15, 0.2) is 54.6 Å². The molecule has 0 heterocycles. The van der Waals surface area contributed by atoms with Crippen LogP contribution in [0.4, 0.5) is 5.69 Å². The molecule has 1 atom stereocenters. The zero-order valence-electron chi connectivity index (χ0n) is 12.8. The summed E-state index contributed by atoms with van der Waals surface area (Å²) in [6.07, 6.45) is 0. The highest BCUT2D eigenvalue weighted by Crippen LogP contribution is 2.23. The molecule has 2 aromatic carbocycles. The molecule has 3 nitrogen and oxygen atoms in total. The molecular weight excluding hydrogens is 260 g/mol. The molecule has 2 aromatic rings. The van der Waals surface area contributed by atoms with Gasteiger partial charge in [-0.3, -0.25) is 0 Å². The Bertz CT molecular complexity index is 523. The average Bonchev–Trinajstić information content (AvgIpc) is 2.50. The van der Waals surface area contributed by atoms with Gasteiger partial charge in [-0.05, 0) is 54.8 Å². The van der Waals surface area contributed by atoms with E-state index in [-0.39, 0.29) is 0 Å². The highest BCUT2D eigenvalue weighted by molar-refractivity contribution is 5.47. The molecule has 3 N–H and O–H groups in total. The fraction of sp³-hybridized carbons (Fsp3) is 0.333. The van der Waals surface area contributed by atoms with Gasteiger partial charge >= 0.3 is 0 Å². The van der Waals surface area contributed by atoms with E-state index in [0.29, 0.717) is 18.4 Å². The molecule has 0 fully saturated rings. The predicted molar refractivity (Wildman–Crippen MR) is 88.8 cm³/mol. The largest absolute Gasteiger partial charge is 0.457 e. The normalized spacial score (nSPS) is 12.2. The van der Waals surface area contributed by atoms with Crippen LogP contribution in [0.2, 0.25) is 0 Å². The Morgan fingerprint density at radius 1 is 0.952 bits per heavy atom. The van der Waals surface area contributed by atoms with Gasteiger partial charge in [0.2, 0.25) is 0 Å². The summed E-state index contributed by atoms with van der Waals surface area (Å²) in [5, 5.41) is 3.43. The molecule has 0 saturated carbocycles. The maximum Gasteiger partial charge on any atom is 0.127 e. The molecule has 0 aliphatic carbocycles. The zero-order chi connectivity index (χ0) is 15.1. The molecule has 1 unspecified atom stereocenters. The van der Waals surface area contributed by atoms with E-state index in [9.17, 15) is 0 Å². The van der Waals surface area contributed by atoms with Crippen LogP contribution < -0.4 is 15.8 Å². The number of hydrogen-bond donors (Lipinski definition) is 2. The molecule has 0 aromatic heterocycles. The van der Waals surface area contributed by atoms with Gasteiger partial charge in [0.05, 0.1) is 0 Å². The highest BCUT2D eigenvalue weighted by Gasteiger charge is 2.10. The van der Waals surface area contributed by atoms with Gasteiger partial charge in [0, 0.05) is 12.2 Å². The minimum Gasteiger partial charge on any atom is -0.457 e. The number of nitrogens with two attached hydrogens (primary N) is 1. The minimum atomic E-state index is 0.491. The van der Waals surface area contributed by atoms with Crippen molar-refractivity contribution < 1.29 is 4.74 Å². The van der Waals surface area contributed by atoms with E-state index < -0.39 is 0 Å². The lowest BCUT2D eigenvalue weighted by atomic mass is 9.96. The summed E-state index contributed by atoms with van der Waals surface area (Å²) in [5.41, 5.74) is 6.88. The van der Waals surface area contributed by atoms with Crippen LogP contribution in [0.25, 0.3) is 0 Å². The van der Waals surface area contributed by atoms with Crippen LogP contribution in [-0.2, 0) is 0 Å². The molecule has 0 aliphatic rings. The third kappa shape index (κ3) is 4.80. The maximum absolute atomic E-state index is 5.79. The maximum atomic E-state index is 5.79. The van der Waals surface area contributed by atoms with E-state index in [1.54, 1.807) is 0 Å². The Labute approximate surface area is 127 Å². The zero-order valence-corrected chi connectivity index (χ0v) is 12.8. The minimum absolute atomic E-state index is 0.491. The molecule has 21 heavy (non-hydrogen) atoms. The quantitative estimate of drug-likeness (QED) is 0.804. The Kier molecular flexibility index (Phi) is 5.64. The van der Waals surface area contributed by atoms with Gasteiger partial charge < -0.3 is 15.8 Å². The molecule has 0 bridgehead atoms. The fourth-order valence-corrected chi connectivity index (χ4v) is 2.11. The summed E-state index contributed by atoms with van der Waals surface area (Å²) in [4.78, 5) is 0. The van der Waals surface area contributed by atoms with Crippen molar-refractivity contribution in [1.82, 2.24) is 0 Å². The highest BCUT2D eigenvalue weighted by atomic mass is 16.5. The smallest absolute Gasteiger partial charge is 0.127 e. The lowest BCUT2D eigenvalue weighted by Crippen LogP contribution is -2.27. The average molecular weight is 284 g/mol. The van der Waals surface area contributed by atoms with Gasteiger partial charge in [-0.1, -0.05) is 32.0 Å². The van der Waals surface area contributed by atoms with E-state index >= 15 is 0 Å². The van der Waals surface area contributed by atoms with E-state index in [0.717, 1.165) is 23.7 Å². The van der Waals surface area contributed by atoms with Gasteiger partial charge in [-0.2, -0.15) is 0 Å². The van der Waals surface area contributed by atoms with Crippen molar-refractivity contribution >= 4 is 5.69 Å². The first-order valence-corrected chi connectivity index (χ1v) is 7.46. The monoisotopic (exact) mass is 284 g/mol. The van der Waals surface area contributed by atoms with Crippen LogP contribution >= 0.6 is 0 Å². The van der Waals surface area contributed by atoms with E-state index in [1.165, 1.54) is 0 Å². The van der Waals surface area contributed by atoms with Gasteiger partial charge in [-0.15, -0.1) is 0 Å². The second kappa shape index (κ2) is 7.70. The van der Waals surface area contributed by atoms with E-state index in [2.05, 4.69) is 19.2 Å². The first-order chi connectivity index (χ1) is 10.2. The SMILES string of the molecule is CC(C)C(CN)CNc1ccc(Oc2ccccc2)cc1. The molecule has 0 radical (unpaired) electrons. The summed E-state index contributed by atoms with van der Waals surface area (Å²) in [6.45, 7) is 6.01. The summed E-state index contributed by atoms with van der Waals surface area (Å²) in [6, 6.07) is 17.8. The Morgan fingerprint density at radius 3 is 2.14 bits per heavy atom. The Balaban J connectivity index is 1.90. The molecular formula is C18H24N2O. The molecule has 0 amide bonds. The van der Waals surface area contributed by atoms with E-state index in [1.807, 2.05) is 54.6 Å². The van der Waals surface area contributed by atoms with Crippen molar-refractivity contribution in [2.75, 3.05) is 18.4 Å². The van der Waals surface area contributed by atoms with Crippen molar-refractivity contribution in [3.8, 4) is 11.5 Å². The molecule has 0 aliphatic heterocycles.